The molecule has 0 aliphatic heterocycles. The molecule has 1 unspecified atom stereocenters. The minimum absolute atomic E-state index is 0.501. The van der Waals surface area contributed by atoms with Crippen LogP contribution in [0.4, 0.5) is 0 Å². The van der Waals surface area contributed by atoms with Gasteiger partial charge in [0.25, 0.3) is 0 Å². The third kappa shape index (κ3) is 3.46. The van der Waals surface area contributed by atoms with E-state index in [1.54, 1.807) is 6.08 Å². The number of benzene rings is 1. The first-order valence-electron chi connectivity index (χ1n) is 6.64. The van der Waals surface area contributed by atoms with Crippen molar-refractivity contribution in [3.8, 4) is 0 Å². The van der Waals surface area contributed by atoms with Gasteiger partial charge in [0, 0.05) is 5.92 Å². The zero-order chi connectivity index (χ0) is 12.8. The predicted octanol–water partition coefficient (Wildman–Crippen LogP) is 3.90. The lowest BCUT2D eigenvalue weighted by molar-refractivity contribution is 0.172. The molecular weight excluding hydrogens is 222 g/mol. The molecule has 18 heavy (non-hydrogen) atoms. The molecule has 2 rings (SSSR count). The highest BCUT2D eigenvalue weighted by molar-refractivity contribution is 5.88. The maximum Gasteiger partial charge on any atom is 0.135 e. The Labute approximate surface area is 109 Å². The Kier molecular flexibility index (Phi) is 4.57. The lowest BCUT2D eigenvalue weighted by atomic mass is 9.96. The predicted molar refractivity (Wildman–Crippen MR) is 75.8 cm³/mol. The molecule has 1 saturated carbocycles. The normalized spacial score (nSPS) is 21.2. The summed E-state index contributed by atoms with van der Waals surface area (Å²) in [6.45, 7) is 6.25. The molecular formula is C16H21NO. The summed E-state index contributed by atoms with van der Waals surface area (Å²) in [6, 6.07) is 8.79. The van der Waals surface area contributed by atoms with E-state index in [1.165, 1.54) is 29.7 Å². The Morgan fingerprint density at radius 1 is 1.39 bits per heavy atom. The third-order valence-corrected chi connectivity index (χ3v) is 3.43. The van der Waals surface area contributed by atoms with E-state index in [4.69, 9.17) is 4.84 Å². The molecule has 1 aliphatic carbocycles. The first-order chi connectivity index (χ1) is 8.79. The molecule has 0 heterocycles. The van der Waals surface area contributed by atoms with E-state index in [0.29, 0.717) is 12.5 Å². The van der Waals surface area contributed by atoms with Crippen molar-refractivity contribution in [3.63, 3.8) is 0 Å². The van der Waals surface area contributed by atoms with Crippen LogP contribution in [-0.2, 0) is 11.3 Å². The fourth-order valence-corrected chi connectivity index (χ4v) is 2.42. The summed E-state index contributed by atoms with van der Waals surface area (Å²) in [5.74, 6) is 0.553. The largest absolute Gasteiger partial charge is 0.392 e. The molecule has 0 N–H and O–H groups in total. The highest BCUT2D eigenvalue weighted by Gasteiger charge is 2.23. The molecule has 0 bridgehead atoms. The van der Waals surface area contributed by atoms with Crippen LogP contribution >= 0.6 is 0 Å². The number of hydrogen-bond donors (Lipinski definition) is 0. The van der Waals surface area contributed by atoms with Crippen LogP contribution in [0.15, 0.2) is 42.1 Å². The van der Waals surface area contributed by atoms with Crippen molar-refractivity contribution >= 4 is 5.71 Å². The molecule has 1 aromatic rings. The molecule has 1 atom stereocenters. The first-order valence-corrected chi connectivity index (χ1v) is 6.64. The first kappa shape index (κ1) is 12.9. The summed E-state index contributed by atoms with van der Waals surface area (Å²) in [7, 11) is 0. The monoisotopic (exact) mass is 243 g/mol. The SMILES string of the molecule is C=CCON=C1CCCC1Cc1ccc(C)cc1. The highest BCUT2D eigenvalue weighted by atomic mass is 16.6. The second kappa shape index (κ2) is 6.39. The Morgan fingerprint density at radius 3 is 2.89 bits per heavy atom. The Balaban J connectivity index is 1.97. The second-order valence-electron chi connectivity index (χ2n) is 4.95. The van der Waals surface area contributed by atoms with Crippen molar-refractivity contribution in [3.05, 3.63) is 48.0 Å². The van der Waals surface area contributed by atoms with Crippen molar-refractivity contribution in [2.45, 2.75) is 32.6 Å². The van der Waals surface area contributed by atoms with Gasteiger partial charge in [-0.3, -0.25) is 0 Å². The van der Waals surface area contributed by atoms with Gasteiger partial charge in [-0.25, -0.2) is 0 Å². The molecule has 1 fully saturated rings. The van der Waals surface area contributed by atoms with Gasteiger partial charge in [-0.1, -0.05) is 47.6 Å². The molecule has 1 aromatic carbocycles. The molecule has 1 aliphatic rings. The van der Waals surface area contributed by atoms with Crippen molar-refractivity contribution in [2.75, 3.05) is 6.61 Å². The molecule has 0 aromatic heterocycles. The molecule has 0 saturated heterocycles. The van der Waals surface area contributed by atoms with E-state index in [9.17, 15) is 0 Å². The summed E-state index contributed by atoms with van der Waals surface area (Å²) in [6.07, 6.45) is 6.34. The van der Waals surface area contributed by atoms with Crippen LogP contribution in [-0.4, -0.2) is 12.3 Å². The molecule has 2 nitrogen and oxygen atoms in total. The van der Waals surface area contributed by atoms with Crippen molar-refractivity contribution in [1.29, 1.82) is 0 Å². The van der Waals surface area contributed by atoms with Crippen LogP contribution in [0.3, 0.4) is 0 Å². The zero-order valence-corrected chi connectivity index (χ0v) is 11.1. The topological polar surface area (TPSA) is 21.6 Å². The van der Waals surface area contributed by atoms with Gasteiger partial charge in [-0.05, 0) is 38.2 Å². The molecule has 0 amide bonds. The lowest BCUT2D eigenvalue weighted by Crippen LogP contribution is -2.11. The number of aryl methyl sites for hydroxylation is 1. The van der Waals surface area contributed by atoms with Gasteiger partial charge >= 0.3 is 0 Å². The second-order valence-corrected chi connectivity index (χ2v) is 4.95. The maximum atomic E-state index is 5.22. The van der Waals surface area contributed by atoms with Crippen LogP contribution in [0.1, 0.15) is 30.4 Å². The van der Waals surface area contributed by atoms with E-state index in [1.807, 2.05) is 0 Å². The molecule has 2 heteroatoms. The van der Waals surface area contributed by atoms with Crippen LogP contribution in [0.2, 0.25) is 0 Å². The minimum Gasteiger partial charge on any atom is -0.392 e. The number of hydrogen-bond acceptors (Lipinski definition) is 2. The molecule has 0 radical (unpaired) electrons. The van der Waals surface area contributed by atoms with Gasteiger partial charge in [-0.2, -0.15) is 0 Å². The number of nitrogens with zero attached hydrogens (tertiary/aromatic N) is 1. The number of rotatable bonds is 5. The van der Waals surface area contributed by atoms with Crippen LogP contribution in [0, 0.1) is 12.8 Å². The Morgan fingerprint density at radius 2 is 2.17 bits per heavy atom. The summed E-state index contributed by atoms with van der Waals surface area (Å²) >= 11 is 0. The van der Waals surface area contributed by atoms with E-state index >= 15 is 0 Å². The average molecular weight is 243 g/mol. The minimum atomic E-state index is 0.501. The smallest absolute Gasteiger partial charge is 0.135 e. The summed E-state index contributed by atoms with van der Waals surface area (Å²) in [5, 5.41) is 4.25. The standard InChI is InChI=1S/C16H21NO/c1-3-11-18-17-16-6-4-5-15(16)12-14-9-7-13(2)8-10-14/h3,7-10,15H,1,4-6,11-12H2,2H3. The lowest BCUT2D eigenvalue weighted by Gasteiger charge is -2.11. The quantitative estimate of drug-likeness (QED) is 0.436. The molecule has 96 valence electrons. The maximum absolute atomic E-state index is 5.22. The average Bonchev–Trinajstić information content (AvgIpc) is 2.80. The van der Waals surface area contributed by atoms with Gasteiger partial charge < -0.3 is 4.84 Å². The van der Waals surface area contributed by atoms with Crippen LogP contribution in [0.25, 0.3) is 0 Å². The third-order valence-electron chi connectivity index (χ3n) is 3.43. The Hall–Kier alpha value is -1.57. The summed E-state index contributed by atoms with van der Waals surface area (Å²) in [4.78, 5) is 5.22. The summed E-state index contributed by atoms with van der Waals surface area (Å²) in [5.41, 5.74) is 3.93. The van der Waals surface area contributed by atoms with Crippen LogP contribution in [0.5, 0.6) is 0 Å². The Bertz CT molecular complexity index is 419. The summed E-state index contributed by atoms with van der Waals surface area (Å²) < 4.78 is 0. The van der Waals surface area contributed by atoms with Gasteiger partial charge in [0.15, 0.2) is 0 Å². The number of oxime groups is 1. The zero-order valence-electron chi connectivity index (χ0n) is 11.1. The van der Waals surface area contributed by atoms with Gasteiger partial charge in [0.1, 0.15) is 6.61 Å². The molecule has 0 spiro atoms. The van der Waals surface area contributed by atoms with Gasteiger partial charge in [0.2, 0.25) is 0 Å². The van der Waals surface area contributed by atoms with E-state index in [-0.39, 0.29) is 0 Å². The van der Waals surface area contributed by atoms with Gasteiger partial charge in [0.05, 0.1) is 5.71 Å². The van der Waals surface area contributed by atoms with E-state index in [0.717, 1.165) is 12.8 Å². The fourth-order valence-electron chi connectivity index (χ4n) is 2.42. The van der Waals surface area contributed by atoms with Crippen LogP contribution < -0.4 is 0 Å². The van der Waals surface area contributed by atoms with Crippen molar-refractivity contribution < 1.29 is 4.84 Å². The highest BCUT2D eigenvalue weighted by Crippen LogP contribution is 2.26. The van der Waals surface area contributed by atoms with Crippen molar-refractivity contribution in [1.82, 2.24) is 0 Å². The van der Waals surface area contributed by atoms with E-state index < -0.39 is 0 Å². The van der Waals surface area contributed by atoms with E-state index in [2.05, 4.69) is 42.9 Å². The van der Waals surface area contributed by atoms with Crippen molar-refractivity contribution in [2.24, 2.45) is 11.1 Å². The fraction of sp³-hybridized carbons (Fsp3) is 0.438. The van der Waals surface area contributed by atoms with Gasteiger partial charge in [-0.15, -0.1) is 0 Å².